The maximum absolute atomic E-state index is 12.7. The zero-order chi connectivity index (χ0) is 20.7. The number of hydrogen-bond donors (Lipinski definition) is 3. The van der Waals surface area contributed by atoms with Crippen molar-refractivity contribution in [2.24, 2.45) is 0 Å². The molecule has 2 aromatic rings. The fraction of sp³-hybridized carbons (Fsp3) is 0.353. The number of carbonyl (C=O) groups excluding carboxylic acids is 1. The van der Waals surface area contributed by atoms with E-state index < -0.39 is 22.4 Å². The van der Waals surface area contributed by atoms with E-state index in [9.17, 15) is 28.1 Å². The van der Waals surface area contributed by atoms with Crippen molar-refractivity contribution in [3.05, 3.63) is 56.3 Å². The van der Waals surface area contributed by atoms with Crippen LogP contribution in [-0.2, 0) is 17.5 Å². The first-order valence-corrected chi connectivity index (χ1v) is 9.24. The van der Waals surface area contributed by atoms with Crippen molar-refractivity contribution in [2.75, 3.05) is 32.0 Å². The molecule has 1 aromatic heterocycles. The smallest absolute Gasteiger partial charge is 0.378 e. The van der Waals surface area contributed by atoms with Crippen LogP contribution in [0.4, 0.5) is 24.5 Å². The highest BCUT2D eigenvalue weighted by atomic mass is 32.1. The highest BCUT2D eigenvalue weighted by molar-refractivity contribution is 7.09. The van der Waals surface area contributed by atoms with E-state index in [4.69, 9.17) is 0 Å². The van der Waals surface area contributed by atoms with Gasteiger partial charge in [-0.1, -0.05) is 6.07 Å². The standard InChI is InChI=1S/C17H19F3N4O3S/c1-23(10-13-3-2-8-28-13)11-16(25)22-7-6-21-14-5-4-12(17(18,19)20)9-15(14)24(26)27/h2-5,8-9,21H,6-7,10-11H2,1H3,(H,22,25)/p+1. The first kappa shape index (κ1) is 21.6. The number of thiophene rings is 1. The second-order valence-corrected chi connectivity index (χ2v) is 7.19. The fourth-order valence-electron chi connectivity index (χ4n) is 2.52. The molecule has 0 radical (unpaired) electrons. The summed E-state index contributed by atoms with van der Waals surface area (Å²) in [5, 5.41) is 18.4. The lowest BCUT2D eigenvalue weighted by molar-refractivity contribution is -0.885. The van der Waals surface area contributed by atoms with Gasteiger partial charge in [0.2, 0.25) is 0 Å². The van der Waals surface area contributed by atoms with Gasteiger partial charge in [-0.2, -0.15) is 13.2 Å². The number of amides is 1. The summed E-state index contributed by atoms with van der Waals surface area (Å²) in [6.45, 7) is 1.31. The molecule has 0 aliphatic heterocycles. The molecule has 7 nitrogen and oxygen atoms in total. The predicted octanol–water partition coefficient (Wildman–Crippen LogP) is 1.92. The van der Waals surface area contributed by atoms with Gasteiger partial charge in [-0.25, -0.2) is 0 Å². The van der Waals surface area contributed by atoms with Gasteiger partial charge in [-0.3, -0.25) is 14.9 Å². The molecule has 1 heterocycles. The first-order chi connectivity index (χ1) is 13.2. The molecular weight excluding hydrogens is 397 g/mol. The Labute approximate surface area is 163 Å². The van der Waals surface area contributed by atoms with E-state index in [-0.39, 0.29) is 31.2 Å². The van der Waals surface area contributed by atoms with E-state index in [1.807, 2.05) is 24.6 Å². The van der Waals surface area contributed by atoms with Crippen LogP contribution in [0.5, 0.6) is 0 Å². The molecule has 1 unspecified atom stereocenters. The molecular formula is C17H20F3N4O3S+. The number of halogens is 3. The van der Waals surface area contributed by atoms with Crippen molar-refractivity contribution in [2.45, 2.75) is 12.7 Å². The average molecular weight is 417 g/mol. The van der Waals surface area contributed by atoms with Gasteiger partial charge in [0.05, 0.1) is 22.4 Å². The molecule has 0 aliphatic carbocycles. The molecule has 0 saturated heterocycles. The van der Waals surface area contributed by atoms with E-state index in [1.165, 1.54) is 4.88 Å². The number of likely N-dealkylation sites (N-methyl/N-ethyl adjacent to an activating group) is 1. The molecule has 3 N–H and O–H groups in total. The molecule has 11 heteroatoms. The molecule has 2 rings (SSSR count). The number of carbonyl (C=O) groups is 1. The van der Waals surface area contributed by atoms with E-state index in [0.29, 0.717) is 6.07 Å². The summed E-state index contributed by atoms with van der Waals surface area (Å²) in [5.41, 5.74) is -1.79. The van der Waals surface area contributed by atoms with Crippen LogP contribution in [0.2, 0.25) is 0 Å². The zero-order valence-corrected chi connectivity index (χ0v) is 15.8. The highest BCUT2D eigenvalue weighted by Gasteiger charge is 2.33. The second-order valence-electron chi connectivity index (χ2n) is 6.15. The summed E-state index contributed by atoms with van der Waals surface area (Å²) in [5.74, 6) is -0.183. The maximum Gasteiger partial charge on any atom is 0.416 e. The van der Waals surface area contributed by atoms with E-state index >= 15 is 0 Å². The van der Waals surface area contributed by atoms with Crippen LogP contribution in [0.25, 0.3) is 0 Å². The van der Waals surface area contributed by atoms with Gasteiger partial charge in [0.25, 0.3) is 11.6 Å². The molecule has 0 fully saturated rings. The molecule has 0 aliphatic rings. The fourth-order valence-corrected chi connectivity index (χ4v) is 3.34. The Morgan fingerprint density at radius 1 is 1.29 bits per heavy atom. The molecule has 0 spiro atoms. The number of rotatable bonds is 9. The number of quaternary nitrogens is 1. The van der Waals surface area contributed by atoms with E-state index in [2.05, 4.69) is 10.6 Å². The molecule has 152 valence electrons. The third kappa shape index (κ3) is 6.50. The normalized spacial score (nSPS) is 12.4. The van der Waals surface area contributed by atoms with Gasteiger partial charge < -0.3 is 15.5 Å². The zero-order valence-electron chi connectivity index (χ0n) is 15.0. The summed E-state index contributed by atoms with van der Waals surface area (Å²) in [7, 11) is 1.89. The molecule has 0 bridgehead atoms. The Morgan fingerprint density at radius 3 is 2.64 bits per heavy atom. The average Bonchev–Trinajstić information content (AvgIpc) is 3.10. The summed E-state index contributed by atoms with van der Waals surface area (Å²) < 4.78 is 38.1. The van der Waals surface area contributed by atoms with Crippen molar-refractivity contribution < 1.29 is 27.8 Å². The van der Waals surface area contributed by atoms with Gasteiger partial charge in [0.15, 0.2) is 6.54 Å². The summed E-state index contributed by atoms with van der Waals surface area (Å²) >= 11 is 1.62. The number of benzene rings is 1. The van der Waals surface area contributed by atoms with Crippen molar-refractivity contribution in [1.29, 1.82) is 0 Å². The van der Waals surface area contributed by atoms with Crippen molar-refractivity contribution in [3.8, 4) is 0 Å². The van der Waals surface area contributed by atoms with E-state index in [1.54, 1.807) is 11.3 Å². The third-order valence-electron chi connectivity index (χ3n) is 3.80. The predicted molar refractivity (Wildman–Crippen MR) is 99.4 cm³/mol. The lowest BCUT2D eigenvalue weighted by atomic mass is 10.1. The summed E-state index contributed by atoms with van der Waals surface area (Å²) in [4.78, 5) is 24.3. The molecule has 1 atom stereocenters. The minimum atomic E-state index is -4.66. The van der Waals surface area contributed by atoms with Crippen LogP contribution in [0.1, 0.15) is 10.4 Å². The third-order valence-corrected chi connectivity index (χ3v) is 4.68. The van der Waals surface area contributed by atoms with Gasteiger partial charge in [0.1, 0.15) is 12.2 Å². The first-order valence-electron chi connectivity index (χ1n) is 8.36. The molecule has 0 saturated carbocycles. The largest absolute Gasteiger partial charge is 0.416 e. The maximum atomic E-state index is 12.7. The number of nitrogens with zero attached hydrogens (tertiary/aromatic N) is 1. The lowest BCUT2D eigenvalue weighted by Crippen LogP contribution is -3.08. The van der Waals surface area contributed by atoms with E-state index in [0.717, 1.165) is 23.6 Å². The molecule has 1 aromatic carbocycles. The van der Waals surface area contributed by atoms with Crippen molar-refractivity contribution in [3.63, 3.8) is 0 Å². The Morgan fingerprint density at radius 2 is 2.04 bits per heavy atom. The monoisotopic (exact) mass is 417 g/mol. The van der Waals surface area contributed by atoms with Crippen molar-refractivity contribution in [1.82, 2.24) is 5.32 Å². The number of nitro groups is 1. The molecule has 1 amide bonds. The SMILES string of the molecule is C[NH+](CC(=O)NCCNc1ccc(C(F)(F)F)cc1[N+](=O)[O-])Cc1cccs1. The Kier molecular flexibility index (Phi) is 7.35. The van der Waals surface area contributed by atoms with Crippen LogP contribution in [0, 0.1) is 10.1 Å². The topological polar surface area (TPSA) is 88.7 Å². The second kappa shape index (κ2) is 9.51. The van der Waals surface area contributed by atoms with Gasteiger partial charge in [-0.05, 0) is 23.6 Å². The van der Waals surface area contributed by atoms with Gasteiger partial charge in [-0.15, -0.1) is 11.3 Å². The summed E-state index contributed by atoms with van der Waals surface area (Å²) in [6.07, 6.45) is -4.66. The number of alkyl halides is 3. The lowest BCUT2D eigenvalue weighted by Gasteiger charge is -2.13. The minimum Gasteiger partial charge on any atom is -0.378 e. The summed E-state index contributed by atoms with van der Waals surface area (Å²) in [6, 6.07) is 6.22. The number of hydrogen-bond acceptors (Lipinski definition) is 5. The Bertz CT molecular complexity index is 812. The van der Waals surface area contributed by atoms with Gasteiger partial charge >= 0.3 is 6.18 Å². The van der Waals surface area contributed by atoms with Crippen LogP contribution in [-0.4, -0.2) is 37.5 Å². The van der Waals surface area contributed by atoms with Crippen LogP contribution >= 0.6 is 11.3 Å². The quantitative estimate of drug-likeness (QED) is 0.330. The Hall–Kier alpha value is -2.66. The van der Waals surface area contributed by atoms with Crippen LogP contribution in [0.3, 0.4) is 0 Å². The number of nitrogens with one attached hydrogen (secondary N) is 3. The van der Waals surface area contributed by atoms with Gasteiger partial charge in [0, 0.05) is 19.2 Å². The van der Waals surface area contributed by atoms with Crippen LogP contribution in [0.15, 0.2) is 35.7 Å². The number of nitro benzene ring substituents is 1. The molecule has 28 heavy (non-hydrogen) atoms. The minimum absolute atomic E-state index is 0.0345. The Balaban J connectivity index is 1.81. The van der Waals surface area contributed by atoms with Crippen molar-refractivity contribution >= 4 is 28.6 Å². The van der Waals surface area contributed by atoms with Crippen LogP contribution < -0.4 is 15.5 Å². The highest BCUT2D eigenvalue weighted by Crippen LogP contribution is 2.34. The number of anilines is 1.